The number of carbonyl (C=O) groups excluding carboxylic acids is 3. The second kappa shape index (κ2) is 61.4. The van der Waals surface area contributed by atoms with Crippen LogP contribution in [0.15, 0.2) is 72.9 Å². The summed E-state index contributed by atoms with van der Waals surface area (Å²) in [5.74, 6) is -0.920. The molecule has 6 heteroatoms. The van der Waals surface area contributed by atoms with E-state index in [9.17, 15) is 14.4 Å². The first-order valence-corrected chi connectivity index (χ1v) is 31.4. The van der Waals surface area contributed by atoms with Crippen molar-refractivity contribution in [2.24, 2.45) is 0 Å². The lowest BCUT2D eigenvalue weighted by molar-refractivity contribution is -0.167. The molecular weight excluding hydrogens is 901 g/mol. The summed E-state index contributed by atoms with van der Waals surface area (Å²) in [5.41, 5.74) is 0. The van der Waals surface area contributed by atoms with Crippen molar-refractivity contribution < 1.29 is 28.6 Å². The van der Waals surface area contributed by atoms with Gasteiger partial charge in [-0.25, -0.2) is 0 Å². The summed E-state index contributed by atoms with van der Waals surface area (Å²) in [6.45, 7) is 6.52. The van der Waals surface area contributed by atoms with E-state index in [1.807, 2.05) is 0 Å². The maximum atomic E-state index is 12.9. The molecule has 0 aromatic rings. The lowest BCUT2D eigenvalue weighted by Gasteiger charge is -2.18. The number of carbonyl (C=O) groups is 3. The van der Waals surface area contributed by atoms with Gasteiger partial charge in [0.1, 0.15) is 13.2 Å². The normalized spacial score (nSPS) is 12.5. The molecule has 0 aliphatic rings. The van der Waals surface area contributed by atoms with Crippen molar-refractivity contribution in [1.29, 1.82) is 0 Å². The van der Waals surface area contributed by atoms with Gasteiger partial charge in [0, 0.05) is 19.3 Å². The van der Waals surface area contributed by atoms with Crippen molar-refractivity contribution in [2.75, 3.05) is 13.2 Å². The molecule has 422 valence electrons. The minimum atomic E-state index is -0.794. The van der Waals surface area contributed by atoms with Gasteiger partial charge >= 0.3 is 17.9 Å². The summed E-state index contributed by atoms with van der Waals surface area (Å²) >= 11 is 0. The highest BCUT2D eigenvalue weighted by Gasteiger charge is 2.19. The Kier molecular flexibility index (Phi) is 58.7. The Morgan fingerprint density at radius 1 is 0.288 bits per heavy atom. The zero-order chi connectivity index (χ0) is 52.9. The zero-order valence-corrected chi connectivity index (χ0v) is 48.4. The fourth-order valence-corrected chi connectivity index (χ4v) is 9.00. The van der Waals surface area contributed by atoms with Gasteiger partial charge in [0.2, 0.25) is 0 Å². The quantitative estimate of drug-likeness (QED) is 0.0261. The van der Waals surface area contributed by atoms with Crippen LogP contribution in [0.3, 0.4) is 0 Å². The average Bonchev–Trinajstić information content (AvgIpc) is 3.39. The minimum Gasteiger partial charge on any atom is -0.462 e. The van der Waals surface area contributed by atoms with Crippen LogP contribution in [0.2, 0.25) is 0 Å². The molecule has 6 nitrogen and oxygen atoms in total. The summed E-state index contributed by atoms with van der Waals surface area (Å²) in [6.07, 6.45) is 79.1. The molecule has 0 aliphatic carbocycles. The molecule has 0 N–H and O–H groups in total. The summed E-state index contributed by atoms with van der Waals surface area (Å²) in [4.78, 5) is 38.3. The van der Waals surface area contributed by atoms with Crippen LogP contribution < -0.4 is 0 Å². The third-order valence-corrected chi connectivity index (χ3v) is 13.7. The predicted molar refractivity (Wildman–Crippen MR) is 316 cm³/mol. The highest BCUT2D eigenvalue weighted by atomic mass is 16.6. The van der Waals surface area contributed by atoms with Crippen LogP contribution in [0.1, 0.15) is 316 Å². The van der Waals surface area contributed by atoms with Crippen LogP contribution in [0.4, 0.5) is 0 Å². The Labute approximate surface area is 453 Å². The molecule has 0 radical (unpaired) electrons. The smallest absolute Gasteiger partial charge is 0.306 e. The van der Waals surface area contributed by atoms with Gasteiger partial charge in [0.05, 0.1) is 0 Å². The van der Waals surface area contributed by atoms with Gasteiger partial charge in [-0.05, 0) is 89.9 Å². The van der Waals surface area contributed by atoms with E-state index in [0.29, 0.717) is 19.3 Å². The largest absolute Gasteiger partial charge is 0.462 e. The van der Waals surface area contributed by atoms with E-state index in [0.717, 1.165) is 89.9 Å². The molecule has 73 heavy (non-hydrogen) atoms. The number of rotatable bonds is 57. The molecule has 0 saturated heterocycles. The number of hydrogen-bond acceptors (Lipinski definition) is 6. The second-order valence-electron chi connectivity index (χ2n) is 20.9. The first kappa shape index (κ1) is 69.8. The van der Waals surface area contributed by atoms with Gasteiger partial charge < -0.3 is 14.2 Å². The van der Waals surface area contributed by atoms with E-state index in [-0.39, 0.29) is 31.1 Å². The predicted octanol–water partition coefficient (Wildman–Crippen LogP) is 21.3. The molecule has 0 amide bonds. The van der Waals surface area contributed by atoms with Crippen molar-refractivity contribution in [1.82, 2.24) is 0 Å². The van der Waals surface area contributed by atoms with Gasteiger partial charge in [-0.15, -0.1) is 0 Å². The molecule has 1 unspecified atom stereocenters. The summed E-state index contributed by atoms with van der Waals surface area (Å²) in [7, 11) is 0. The lowest BCUT2D eigenvalue weighted by atomic mass is 10.0. The monoisotopic (exact) mass is 1020 g/mol. The molecule has 0 bridgehead atoms. The van der Waals surface area contributed by atoms with Crippen molar-refractivity contribution in [3.63, 3.8) is 0 Å². The van der Waals surface area contributed by atoms with Gasteiger partial charge in [0.15, 0.2) is 6.10 Å². The first-order valence-electron chi connectivity index (χ1n) is 31.4. The van der Waals surface area contributed by atoms with Crippen LogP contribution in [-0.4, -0.2) is 37.2 Å². The van der Waals surface area contributed by atoms with Crippen molar-refractivity contribution in [2.45, 2.75) is 322 Å². The van der Waals surface area contributed by atoms with E-state index in [1.165, 1.54) is 186 Å². The third-order valence-electron chi connectivity index (χ3n) is 13.7. The fourth-order valence-electron chi connectivity index (χ4n) is 9.00. The molecule has 0 rings (SSSR count). The Morgan fingerprint density at radius 2 is 0.534 bits per heavy atom. The van der Waals surface area contributed by atoms with Crippen molar-refractivity contribution >= 4 is 17.9 Å². The maximum absolute atomic E-state index is 12.9. The topological polar surface area (TPSA) is 78.9 Å². The molecule has 0 aliphatic heterocycles. The van der Waals surface area contributed by atoms with E-state index in [1.54, 1.807) is 0 Å². The average molecular weight is 1020 g/mol. The Morgan fingerprint density at radius 3 is 0.863 bits per heavy atom. The number of esters is 3. The summed E-state index contributed by atoms with van der Waals surface area (Å²) < 4.78 is 16.9. The van der Waals surface area contributed by atoms with Crippen LogP contribution in [0, 0.1) is 0 Å². The third kappa shape index (κ3) is 59.6. The molecule has 0 aromatic carbocycles. The second-order valence-corrected chi connectivity index (χ2v) is 20.9. The Balaban J connectivity index is 4.38. The van der Waals surface area contributed by atoms with Gasteiger partial charge in [0.25, 0.3) is 0 Å². The standard InChI is InChI=1S/C67H118O6/c1-4-7-10-13-16-19-22-25-28-30-32-33-35-36-39-42-45-48-51-54-57-60-66(69)72-63-64(62-71-65(68)59-56-53-50-47-44-41-38-27-24-21-18-15-12-9-6-3)73-67(70)61-58-55-52-49-46-43-40-37-34-31-29-26-23-20-17-14-11-8-5-2/h9,12,18,21-22,25,27,30,32,38,44,47,64H,4-8,10-11,13-17,19-20,23-24,26,28-29,31,33-37,39-43,45-46,48-63H2,1-3H3/b12-9-,21-18-,25-22-,32-30-,38-27-,47-44-. The first-order chi connectivity index (χ1) is 36.0. The van der Waals surface area contributed by atoms with E-state index in [2.05, 4.69) is 93.7 Å². The summed E-state index contributed by atoms with van der Waals surface area (Å²) in [6, 6.07) is 0. The molecule has 0 saturated carbocycles. The number of unbranched alkanes of at least 4 members (excludes halogenated alkanes) is 34. The van der Waals surface area contributed by atoms with Gasteiger partial charge in [-0.3, -0.25) is 14.4 Å². The number of allylic oxidation sites excluding steroid dienone is 12. The number of ether oxygens (including phenoxy) is 3. The van der Waals surface area contributed by atoms with Crippen LogP contribution in [-0.2, 0) is 28.6 Å². The van der Waals surface area contributed by atoms with E-state index < -0.39 is 6.10 Å². The van der Waals surface area contributed by atoms with Crippen molar-refractivity contribution in [3.05, 3.63) is 72.9 Å². The fraction of sp³-hybridized carbons (Fsp3) is 0.776. The van der Waals surface area contributed by atoms with Gasteiger partial charge in [-0.2, -0.15) is 0 Å². The van der Waals surface area contributed by atoms with Crippen LogP contribution in [0.25, 0.3) is 0 Å². The molecule has 0 aromatic heterocycles. The zero-order valence-electron chi connectivity index (χ0n) is 48.4. The van der Waals surface area contributed by atoms with E-state index in [4.69, 9.17) is 14.2 Å². The molecule has 0 spiro atoms. The lowest BCUT2D eigenvalue weighted by Crippen LogP contribution is -2.30. The highest BCUT2D eigenvalue weighted by Crippen LogP contribution is 2.17. The Bertz CT molecular complexity index is 1360. The Hall–Kier alpha value is -3.15. The van der Waals surface area contributed by atoms with Crippen LogP contribution in [0.5, 0.6) is 0 Å². The van der Waals surface area contributed by atoms with Crippen LogP contribution >= 0.6 is 0 Å². The number of hydrogen-bond donors (Lipinski definition) is 0. The molecular formula is C67H118O6. The maximum Gasteiger partial charge on any atom is 0.306 e. The summed E-state index contributed by atoms with van der Waals surface area (Å²) in [5, 5.41) is 0. The van der Waals surface area contributed by atoms with E-state index >= 15 is 0 Å². The molecule has 0 fully saturated rings. The van der Waals surface area contributed by atoms with Gasteiger partial charge in [-0.1, -0.05) is 280 Å². The molecule has 1 atom stereocenters. The minimum absolute atomic E-state index is 0.0883. The molecule has 0 heterocycles. The van der Waals surface area contributed by atoms with Crippen molar-refractivity contribution in [3.8, 4) is 0 Å². The highest BCUT2D eigenvalue weighted by molar-refractivity contribution is 5.71. The SMILES string of the molecule is CC/C=C\C/C=C\C/C=C\C/C=C\CCCCC(=O)OCC(COC(=O)CCCCCCCCCCC/C=C\C/C=C\CCCCCCC)OC(=O)CCCCCCCCCCCCCCCCCCCCC.